The monoisotopic (exact) mass is 457 g/mol. The molecule has 0 heterocycles. The Morgan fingerprint density at radius 2 is 1.69 bits per heavy atom. The number of rotatable bonds is 9. The number of hydrogen-bond donors (Lipinski definition) is 3. The maximum atomic E-state index is 12.4. The largest absolute Gasteiger partial charge is 0.493 e. The second-order valence-electron chi connectivity index (χ2n) is 7.86. The van der Waals surface area contributed by atoms with E-state index in [1.54, 1.807) is 24.3 Å². The zero-order chi connectivity index (χ0) is 23.5. The standard InChI is InChI=1S/C24H31N3O4S/c1-5-17(4)18-9-11-20(12-10-18)31-15-22(28)26-27-24(32)25-23(29)19-7-6-8-21(13-19)30-14-16(2)3/h6-13,16-17H,5,14-15H2,1-4H3,(H,26,28)(H2,25,27,29,32). The van der Waals surface area contributed by atoms with Gasteiger partial charge in [0.2, 0.25) is 0 Å². The SMILES string of the molecule is CCC(C)c1ccc(OCC(=O)NNC(=S)NC(=O)c2cccc(OCC(C)C)c2)cc1. The molecule has 2 aromatic carbocycles. The topological polar surface area (TPSA) is 88.7 Å². The molecule has 0 aliphatic carbocycles. The van der Waals surface area contributed by atoms with Gasteiger partial charge in [-0.1, -0.05) is 45.9 Å². The van der Waals surface area contributed by atoms with E-state index in [0.717, 1.165) is 6.42 Å². The minimum Gasteiger partial charge on any atom is -0.493 e. The molecular weight excluding hydrogens is 426 g/mol. The van der Waals surface area contributed by atoms with Gasteiger partial charge >= 0.3 is 0 Å². The first-order chi connectivity index (χ1) is 15.3. The molecule has 2 rings (SSSR count). The molecule has 3 N–H and O–H groups in total. The zero-order valence-electron chi connectivity index (χ0n) is 18.9. The summed E-state index contributed by atoms with van der Waals surface area (Å²) in [6.07, 6.45) is 1.06. The van der Waals surface area contributed by atoms with Crippen LogP contribution in [0.15, 0.2) is 48.5 Å². The highest BCUT2D eigenvalue weighted by atomic mass is 32.1. The summed E-state index contributed by atoms with van der Waals surface area (Å²) in [6.45, 7) is 8.75. The van der Waals surface area contributed by atoms with Gasteiger partial charge in [0.15, 0.2) is 11.7 Å². The van der Waals surface area contributed by atoms with Crippen LogP contribution in [0.1, 0.15) is 56.0 Å². The average molecular weight is 458 g/mol. The minimum absolute atomic E-state index is 0.0326. The molecule has 1 unspecified atom stereocenters. The third kappa shape index (κ3) is 8.55. The lowest BCUT2D eigenvalue weighted by Gasteiger charge is -2.13. The third-order valence-corrected chi connectivity index (χ3v) is 4.86. The van der Waals surface area contributed by atoms with Gasteiger partial charge < -0.3 is 9.47 Å². The quantitative estimate of drug-likeness (QED) is 0.390. The van der Waals surface area contributed by atoms with Gasteiger partial charge in [0.1, 0.15) is 11.5 Å². The molecule has 32 heavy (non-hydrogen) atoms. The van der Waals surface area contributed by atoms with Gasteiger partial charge in [-0.3, -0.25) is 25.8 Å². The number of nitrogens with one attached hydrogen (secondary N) is 3. The summed E-state index contributed by atoms with van der Waals surface area (Å²) in [4.78, 5) is 24.3. The molecule has 0 bridgehead atoms. The molecule has 1 atom stereocenters. The van der Waals surface area contributed by atoms with Crippen molar-refractivity contribution in [3.63, 3.8) is 0 Å². The Morgan fingerprint density at radius 3 is 2.34 bits per heavy atom. The lowest BCUT2D eigenvalue weighted by Crippen LogP contribution is -2.49. The van der Waals surface area contributed by atoms with Gasteiger partial charge in [-0.15, -0.1) is 0 Å². The maximum absolute atomic E-state index is 12.4. The Hall–Kier alpha value is -3.13. The highest BCUT2D eigenvalue weighted by Crippen LogP contribution is 2.21. The molecular formula is C24H31N3O4S. The van der Waals surface area contributed by atoms with Crippen LogP contribution in [0.4, 0.5) is 0 Å². The van der Waals surface area contributed by atoms with Gasteiger partial charge in [0.05, 0.1) is 6.61 Å². The number of carbonyl (C=O) groups is 2. The third-order valence-electron chi connectivity index (χ3n) is 4.65. The predicted octanol–water partition coefficient (Wildman–Crippen LogP) is 3.95. The predicted molar refractivity (Wildman–Crippen MR) is 129 cm³/mol. The Kier molecular flexibility index (Phi) is 9.94. The van der Waals surface area contributed by atoms with E-state index < -0.39 is 11.8 Å². The van der Waals surface area contributed by atoms with Crippen LogP contribution in [0, 0.1) is 5.92 Å². The highest BCUT2D eigenvalue weighted by Gasteiger charge is 2.10. The summed E-state index contributed by atoms with van der Waals surface area (Å²) < 4.78 is 11.1. The Labute approximate surface area is 194 Å². The van der Waals surface area contributed by atoms with Gasteiger partial charge in [0, 0.05) is 5.56 Å². The summed E-state index contributed by atoms with van der Waals surface area (Å²) in [5.74, 6) is 1.21. The van der Waals surface area contributed by atoms with Crippen LogP contribution in [0.2, 0.25) is 0 Å². The van der Waals surface area contributed by atoms with Crippen LogP contribution in [0.5, 0.6) is 11.5 Å². The lowest BCUT2D eigenvalue weighted by molar-refractivity contribution is -0.123. The number of ether oxygens (including phenoxy) is 2. The molecule has 2 aromatic rings. The van der Waals surface area contributed by atoms with Crippen molar-refractivity contribution in [3.8, 4) is 11.5 Å². The van der Waals surface area contributed by atoms with Crippen molar-refractivity contribution in [2.75, 3.05) is 13.2 Å². The number of carbonyl (C=O) groups excluding carboxylic acids is 2. The van der Waals surface area contributed by atoms with Crippen LogP contribution in [-0.2, 0) is 4.79 Å². The molecule has 0 saturated heterocycles. The summed E-state index contributed by atoms with van der Waals surface area (Å²) in [6, 6.07) is 14.5. The second-order valence-corrected chi connectivity index (χ2v) is 8.26. The summed E-state index contributed by atoms with van der Waals surface area (Å²) in [5, 5.41) is 2.48. The highest BCUT2D eigenvalue weighted by molar-refractivity contribution is 7.80. The van der Waals surface area contributed by atoms with Gasteiger partial charge in [0.25, 0.3) is 11.8 Å². The van der Waals surface area contributed by atoms with E-state index in [0.29, 0.717) is 35.5 Å². The zero-order valence-corrected chi connectivity index (χ0v) is 19.8. The first-order valence-electron chi connectivity index (χ1n) is 10.6. The number of thiocarbonyl (C=S) groups is 1. The van der Waals surface area contributed by atoms with Gasteiger partial charge in [-0.2, -0.15) is 0 Å². The molecule has 0 fully saturated rings. The molecule has 0 radical (unpaired) electrons. The van der Waals surface area contributed by atoms with Crippen LogP contribution in [0.3, 0.4) is 0 Å². The van der Waals surface area contributed by atoms with Crippen molar-refractivity contribution >= 4 is 29.1 Å². The smallest absolute Gasteiger partial charge is 0.276 e. The number of amides is 2. The first kappa shape index (κ1) is 25.1. The molecule has 8 heteroatoms. The van der Waals surface area contributed by atoms with E-state index in [1.807, 2.05) is 38.1 Å². The maximum Gasteiger partial charge on any atom is 0.276 e. The Balaban J connectivity index is 1.74. The fourth-order valence-corrected chi connectivity index (χ4v) is 2.78. The van der Waals surface area contributed by atoms with Crippen molar-refractivity contribution in [1.29, 1.82) is 0 Å². The van der Waals surface area contributed by atoms with Gasteiger partial charge in [-0.05, 0) is 66.4 Å². The van der Waals surface area contributed by atoms with Crippen LogP contribution < -0.4 is 25.6 Å². The molecule has 2 amide bonds. The fourth-order valence-electron chi connectivity index (χ4n) is 2.64. The van der Waals surface area contributed by atoms with Crippen molar-refractivity contribution in [2.45, 2.75) is 40.0 Å². The van der Waals surface area contributed by atoms with Crippen molar-refractivity contribution < 1.29 is 19.1 Å². The van der Waals surface area contributed by atoms with E-state index in [9.17, 15) is 9.59 Å². The lowest BCUT2D eigenvalue weighted by atomic mass is 9.99. The summed E-state index contributed by atoms with van der Waals surface area (Å²) in [7, 11) is 0. The summed E-state index contributed by atoms with van der Waals surface area (Å²) >= 11 is 5.06. The molecule has 0 spiro atoms. The molecule has 0 aliphatic rings. The van der Waals surface area contributed by atoms with Crippen molar-refractivity contribution in [3.05, 3.63) is 59.7 Å². The molecule has 0 saturated carbocycles. The minimum atomic E-state index is -0.434. The normalized spacial score (nSPS) is 11.4. The van der Waals surface area contributed by atoms with Crippen LogP contribution in [0.25, 0.3) is 0 Å². The molecule has 172 valence electrons. The van der Waals surface area contributed by atoms with E-state index in [4.69, 9.17) is 21.7 Å². The Bertz CT molecular complexity index is 916. The van der Waals surface area contributed by atoms with E-state index in [2.05, 4.69) is 30.0 Å². The van der Waals surface area contributed by atoms with Crippen molar-refractivity contribution in [2.24, 2.45) is 5.92 Å². The van der Waals surface area contributed by atoms with E-state index in [-0.39, 0.29) is 11.7 Å². The molecule has 7 nitrogen and oxygen atoms in total. The fraction of sp³-hybridized carbons (Fsp3) is 0.375. The average Bonchev–Trinajstić information content (AvgIpc) is 2.80. The van der Waals surface area contributed by atoms with Gasteiger partial charge in [-0.25, -0.2) is 0 Å². The summed E-state index contributed by atoms with van der Waals surface area (Å²) in [5.41, 5.74) is 6.51. The van der Waals surface area contributed by atoms with E-state index >= 15 is 0 Å². The second kappa shape index (κ2) is 12.7. The number of hydrazine groups is 1. The molecule has 0 aromatic heterocycles. The number of hydrogen-bond acceptors (Lipinski definition) is 5. The molecule has 0 aliphatic heterocycles. The Morgan fingerprint density at radius 1 is 0.969 bits per heavy atom. The van der Waals surface area contributed by atoms with Crippen LogP contribution >= 0.6 is 12.2 Å². The van der Waals surface area contributed by atoms with Crippen molar-refractivity contribution in [1.82, 2.24) is 16.2 Å². The first-order valence-corrected chi connectivity index (χ1v) is 11.0. The van der Waals surface area contributed by atoms with Crippen LogP contribution in [-0.4, -0.2) is 30.1 Å². The number of benzene rings is 2. The van der Waals surface area contributed by atoms with E-state index in [1.165, 1.54) is 5.56 Å².